The van der Waals surface area contributed by atoms with Crippen molar-refractivity contribution in [3.63, 3.8) is 0 Å². The smallest absolute Gasteiger partial charge is 0.152 e. The highest BCUT2D eigenvalue weighted by Crippen LogP contribution is 2.32. The summed E-state index contributed by atoms with van der Waals surface area (Å²) in [5, 5.41) is 4.72. The maximum atomic E-state index is 11.9. The summed E-state index contributed by atoms with van der Waals surface area (Å²) in [4.78, 5) is 7.74. The van der Waals surface area contributed by atoms with Crippen molar-refractivity contribution in [3.05, 3.63) is 33.3 Å². The first-order valence-corrected chi connectivity index (χ1v) is 12.2. The molecule has 6 nitrogen and oxygen atoms in total. The Bertz CT molecular complexity index is 924. The van der Waals surface area contributed by atoms with Crippen molar-refractivity contribution in [2.24, 2.45) is 0 Å². The summed E-state index contributed by atoms with van der Waals surface area (Å²) in [7, 11) is -2.90. The molecule has 1 unspecified atom stereocenters. The molecule has 148 valence electrons. The van der Waals surface area contributed by atoms with Gasteiger partial charge in [-0.25, -0.2) is 8.42 Å². The van der Waals surface area contributed by atoms with Gasteiger partial charge in [0.05, 0.1) is 34.6 Å². The first-order valence-electron chi connectivity index (χ1n) is 9.61. The van der Waals surface area contributed by atoms with E-state index in [-0.39, 0.29) is 17.5 Å². The van der Waals surface area contributed by atoms with Crippen LogP contribution < -0.4 is 4.90 Å². The number of hydrogen-bond donors (Lipinski definition) is 0. The zero-order chi connectivity index (χ0) is 19.2. The van der Waals surface area contributed by atoms with Crippen LogP contribution in [0.3, 0.4) is 0 Å². The van der Waals surface area contributed by atoms with Gasteiger partial charge in [0.15, 0.2) is 9.84 Å². The van der Waals surface area contributed by atoms with Gasteiger partial charge < -0.3 is 4.90 Å². The molecule has 2 aliphatic heterocycles. The van der Waals surface area contributed by atoms with Gasteiger partial charge in [-0.2, -0.15) is 5.10 Å². The van der Waals surface area contributed by atoms with Crippen molar-refractivity contribution in [2.45, 2.75) is 39.8 Å². The average Bonchev–Trinajstić information content (AvgIpc) is 3.27. The lowest BCUT2D eigenvalue weighted by Gasteiger charge is -2.36. The molecule has 27 heavy (non-hydrogen) atoms. The van der Waals surface area contributed by atoms with E-state index in [1.807, 2.05) is 22.9 Å². The summed E-state index contributed by atoms with van der Waals surface area (Å²) < 4.78 is 25.7. The molecule has 0 spiro atoms. The van der Waals surface area contributed by atoms with E-state index in [1.54, 1.807) is 0 Å². The summed E-state index contributed by atoms with van der Waals surface area (Å²) in [6.07, 6.45) is 0.678. The average molecular weight is 409 g/mol. The Labute approximate surface area is 165 Å². The summed E-state index contributed by atoms with van der Waals surface area (Å²) in [5.41, 5.74) is 3.32. The molecule has 2 fully saturated rings. The molecule has 2 aromatic heterocycles. The van der Waals surface area contributed by atoms with Crippen LogP contribution in [0.5, 0.6) is 0 Å². The van der Waals surface area contributed by atoms with Gasteiger partial charge in [-0.05, 0) is 39.3 Å². The summed E-state index contributed by atoms with van der Waals surface area (Å²) in [5.74, 6) is 0.509. The molecular weight excluding hydrogens is 380 g/mol. The van der Waals surface area contributed by atoms with E-state index in [4.69, 9.17) is 5.10 Å². The molecule has 2 aromatic rings. The maximum absolute atomic E-state index is 11.9. The molecule has 0 radical (unpaired) electrons. The molecule has 4 rings (SSSR count). The standard InChI is InChI=1S/C19H28N4O2S2/c1-14-4-5-18(26-14)12-21-7-9-22(10-8-21)19-15(2)20-23(16(19)3)17-6-11-27(24,25)13-17/h4-5,17H,6-13H2,1-3H3. The summed E-state index contributed by atoms with van der Waals surface area (Å²) >= 11 is 1.88. The van der Waals surface area contributed by atoms with Gasteiger partial charge >= 0.3 is 0 Å². The first kappa shape index (κ1) is 19.0. The molecule has 8 heteroatoms. The molecule has 0 saturated carbocycles. The van der Waals surface area contributed by atoms with Crippen LogP contribution in [0.4, 0.5) is 5.69 Å². The number of aryl methyl sites for hydroxylation is 2. The van der Waals surface area contributed by atoms with E-state index in [2.05, 4.69) is 35.8 Å². The molecule has 2 saturated heterocycles. The second-order valence-corrected chi connectivity index (χ2v) is 11.4. The third-order valence-corrected chi connectivity index (χ3v) is 8.44. The quantitative estimate of drug-likeness (QED) is 0.778. The van der Waals surface area contributed by atoms with E-state index in [0.717, 1.165) is 44.1 Å². The van der Waals surface area contributed by atoms with E-state index in [9.17, 15) is 8.42 Å². The fourth-order valence-corrected chi connectivity index (χ4v) is 6.98. The highest BCUT2D eigenvalue weighted by atomic mass is 32.2. The van der Waals surface area contributed by atoms with Gasteiger partial charge in [0, 0.05) is 42.5 Å². The molecule has 1 atom stereocenters. The number of piperazine rings is 1. The second kappa shape index (κ2) is 7.22. The van der Waals surface area contributed by atoms with Crippen LogP contribution in [0.2, 0.25) is 0 Å². The topological polar surface area (TPSA) is 58.4 Å². The Hall–Kier alpha value is -1.38. The van der Waals surface area contributed by atoms with Gasteiger partial charge in [-0.3, -0.25) is 9.58 Å². The summed E-state index contributed by atoms with van der Waals surface area (Å²) in [6.45, 7) is 11.4. The number of thiophene rings is 1. The maximum Gasteiger partial charge on any atom is 0.152 e. The van der Waals surface area contributed by atoms with Crippen LogP contribution in [0.25, 0.3) is 0 Å². The van der Waals surface area contributed by atoms with Gasteiger partial charge in [0.2, 0.25) is 0 Å². The predicted molar refractivity (Wildman–Crippen MR) is 111 cm³/mol. The van der Waals surface area contributed by atoms with Gasteiger partial charge in [0.25, 0.3) is 0 Å². The Morgan fingerprint density at radius 2 is 1.89 bits per heavy atom. The number of rotatable bonds is 4. The molecule has 0 N–H and O–H groups in total. The number of nitrogens with zero attached hydrogens (tertiary/aromatic N) is 4. The van der Waals surface area contributed by atoms with Crippen molar-refractivity contribution in [2.75, 3.05) is 42.6 Å². The zero-order valence-electron chi connectivity index (χ0n) is 16.3. The fraction of sp³-hybridized carbons (Fsp3) is 0.632. The van der Waals surface area contributed by atoms with E-state index in [1.165, 1.54) is 15.4 Å². The van der Waals surface area contributed by atoms with Crippen molar-refractivity contribution >= 4 is 26.9 Å². The third kappa shape index (κ3) is 3.93. The Balaban J connectivity index is 1.44. The molecule has 0 bridgehead atoms. The van der Waals surface area contributed by atoms with E-state index < -0.39 is 9.84 Å². The van der Waals surface area contributed by atoms with Crippen molar-refractivity contribution in [1.82, 2.24) is 14.7 Å². The molecule has 0 aromatic carbocycles. The third-order valence-electron chi connectivity index (χ3n) is 5.71. The van der Waals surface area contributed by atoms with Crippen molar-refractivity contribution < 1.29 is 8.42 Å². The summed E-state index contributed by atoms with van der Waals surface area (Å²) in [6, 6.07) is 4.42. The van der Waals surface area contributed by atoms with Crippen LogP contribution in [-0.4, -0.2) is 60.8 Å². The fourth-order valence-electron chi connectivity index (χ4n) is 4.36. The Morgan fingerprint density at radius 1 is 1.15 bits per heavy atom. The number of anilines is 1. The van der Waals surface area contributed by atoms with Crippen LogP contribution in [0.15, 0.2) is 12.1 Å². The Kier molecular flexibility index (Phi) is 5.07. The lowest BCUT2D eigenvalue weighted by Crippen LogP contribution is -2.46. The minimum Gasteiger partial charge on any atom is -0.366 e. The number of hydrogen-bond acceptors (Lipinski definition) is 6. The normalized spacial score (nSPS) is 23.2. The molecule has 2 aliphatic rings. The van der Waals surface area contributed by atoms with E-state index >= 15 is 0 Å². The lowest BCUT2D eigenvalue weighted by molar-refractivity contribution is 0.251. The highest BCUT2D eigenvalue weighted by molar-refractivity contribution is 7.91. The predicted octanol–water partition coefficient (Wildman–Crippen LogP) is 2.55. The monoisotopic (exact) mass is 408 g/mol. The first-order chi connectivity index (χ1) is 12.8. The minimum absolute atomic E-state index is 0.00851. The zero-order valence-corrected chi connectivity index (χ0v) is 17.9. The minimum atomic E-state index is -2.90. The van der Waals surface area contributed by atoms with Crippen molar-refractivity contribution in [3.8, 4) is 0 Å². The van der Waals surface area contributed by atoms with E-state index in [0.29, 0.717) is 6.42 Å². The number of sulfone groups is 1. The van der Waals surface area contributed by atoms with Gasteiger partial charge in [0.1, 0.15) is 0 Å². The SMILES string of the molecule is Cc1ccc(CN2CCN(c3c(C)nn(C4CCS(=O)(=O)C4)c3C)CC2)s1. The lowest BCUT2D eigenvalue weighted by atomic mass is 10.2. The Morgan fingerprint density at radius 3 is 2.48 bits per heavy atom. The highest BCUT2D eigenvalue weighted by Gasteiger charge is 2.32. The molecule has 4 heterocycles. The van der Waals surface area contributed by atoms with Gasteiger partial charge in [-0.15, -0.1) is 11.3 Å². The van der Waals surface area contributed by atoms with Crippen LogP contribution in [-0.2, 0) is 16.4 Å². The van der Waals surface area contributed by atoms with Crippen LogP contribution >= 0.6 is 11.3 Å². The second-order valence-electron chi connectivity index (χ2n) is 7.80. The largest absolute Gasteiger partial charge is 0.366 e. The molecule has 0 amide bonds. The molecule has 0 aliphatic carbocycles. The van der Waals surface area contributed by atoms with Crippen LogP contribution in [0.1, 0.15) is 33.6 Å². The van der Waals surface area contributed by atoms with Crippen LogP contribution in [0, 0.1) is 20.8 Å². The molecular formula is C19H28N4O2S2. The number of aromatic nitrogens is 2. The van der Waals surface area contributed by atoms with Gasteiger partial charge in [-0.1, -0.05) is 0 Å². The van der Waals surface area contributed by atoms with Crippen molar-refractivity contribution in [1.29, 1.82) is 0 Å².